The highest BCUT2D eigenvalue weighted by atomic mass is 32.1. The molecule has 1 saturated heterocycles. The lowest BCUT2D eigenvalue weighted by molar-refractivity contribution is -0.137. The molecule has 3 heterocycles. The Labute approximate surface area is 141 Å². The van der Waals surface area contributed by atoms with E-state index in [4.69, 9.17) is 0 Å². The van der Waals surface area contributed by atoms with Crippen LogP contribution in [0.3, 0.4) is 0 Å². The zero-order valence-electron chi connectivity index (χ0n) is 13.6. The maximum Gasteiger partial charge on any atom is 0.278 e. The monoisotopic (exact) mass is 330 g/mol. The van der Waals surface area contributed by atoms with Gasteiger partial charge in [0, 0.05) is 24.5 Å². The Morgan fingerprint density at radius 2 is 1.96 bits per heavy atom. The molecular formula is C18H22N2O2S. The maximum absolute atomic E-state index is 12.9. The van der Waals surface area contributed by atoms with Gasteiger partial charge in [-0.05, 0) is 29.7 Å². The molecule has 0 aromatic carbocycles. The number of carbonyl (C=O) groups is 2. The quantitative estimate of drug-likeness (QED) is 0.629. The van der Waals surface area contributed by atoms with Crippen LogP contribution in [0.5, 0.6) is 0 Å². The van der Waals surface area contributed by atoms with Crippen molar-refractivity contribution in [3.63, 3.8) is 0 Å². The van der Waals surface area contributed by atoms with Gasteiger partial charge in [0.15, 0.2) is 0 Å². The van der Waals surface area contributed by atoms with Gasteiger partial charge >= 0.3 is 0 Å². The largest absolute Gasteiger partial charge is 0.366 e. The molecule has 0 aliphatic carbocycles. The minimum Gasteiger partial charge on any atom is -0.366 e. The number of piperidine rings is 1. The number of nitrogens with zero attached hydrogens (tertiary/aromatic N) is 2. The number of thiophene rings is 1. The molecular weight excluding hydrogens is 308 g/mol. The smallest absolute Gasteiger partial charge is 0.278 e. The van der Waals surface area contributed by atoms with Crippen molar-refractivity contribution in [2.45, 2.75) is 20.3 Å². The van der Waals surface area contributed by atoms with E-state index >= 15 is 0 Å². The first kappa shape index (κ1) is 16.0. The average molecular weight is 330 g/mol. The molecule has 2 atom stereocenters. The second kappa shape index (κ2) is 6.32. The summed E-state index contributed by atoms with van der Waals surface area (Å²) in [5.41, 5.74) is 1.14. The molecule has 0 radical (unpaired) electrons. The van der Waals surface area contributed by atoms with Gasteiger partial charge in [-0.25, -0.2) is 0 Å². The molecule has 2 unspecified atom stereocenters. The Balaban J connectivity index is 2.05. The summed E-state index contributed by atoms with van der Waals surface area (Å²) in [6, 6.07) is 3.83. The second-order valence-electron chi connectivity index (χ2n) is 6.56. The molecule has 2 aliphatic heterocycles. The van der Waals surface area contributed by atoms with Crippen LogP contribution < -0.4 is 0 Å². The normalized spacial score (nSPS) is 25.5. The Bertz CT molecular complexity index is 653. The fraction of sp³-hybridized carbons (Fsp3) is 0.444. The molecule has 1 aromatic heterocycles. The van der Waals surface area contributed by atoms with Gasteiger partial charge in [0.25, 0.3) is 11.8 Å². The summed E-state index contributed by atoms with van der Waals surface area (Å²) < 4.78 is 0. The van der Waals surface area contributed by atoms with Crippen LogP contribution in [0.25, 0.3) is 5.57 Å². The number of hydrogen-bond donors (Lipinski definition) is 0. The van der Waals surface area contributed by atoms with Crippen LogP contribution in [-0.4, -0.2) is 41.2 Å². The number of rotatable bonds is 4. The van der Waals surface area contributed by atoms with Crippen LogP contribution in [0.1, 0.15) is 25.1 Å². The Hall–Kier alpha value is -1.88. The highest BCUT2D eigenvalue weighted by Crippen LogP contribution is 2.36. The topological polar surface area (TPSA) is 40.6 Å². The number of likely N-dealkylation sites (tertiary alicyclic amines) is 1. The van der Waals surface area contributed by atoms with E-state index in [1.165, 1.54) is 16.2 Å². The van der Waals surface area contributed by atoms with Crippen molar-refractivity contribution in [3.8, 4) is 0 Å². The maximum atomic E-state index is 12.9. The minimum absolute atomic E-state index is 0.181. The van der Waals surface area contributed by atoms with E-state index in [1.807, 2.05) is 17.5 Å². The molecule has 3 rings (SSSR count). The first-order chi connectivity index (χ1) is 11.0. The third kappa shape index (κ3) is 2.85. The lowest BCUT2D eigenvalue weighted by Crippen LogP contribution is -2.41. The first-order valence-corrected chi connectivity index (χ1v) is 8.91. The molecule has 4 nitrogen and oxygen atoms in total. The summed E-state index contributed by atoms with van der Waals surface area (Å²) in [4.78, 5) is 30.0. The van der Waals surface area contributed by atoms with Gasteiger partial charge in [-0.15, -0.1) is 17.9 Å². The number of carbonyl (C=O) groups excluding carboxylic acids is 2. The number of amides is 2. The minimum atomic E-state index is -0.196. The van der Waals surface area contributed by atoms with Gasteiger partial charge in [-0.1, -0.05) is 26.0 Å². The lowest BCUT2D eigenvalue weighted by atomic mass is 9.91. The average Bonchev–Trinajstić information content (AvgIpc) is 3.08. The summed E-state index contributed by atoms with van der Waals surface area (Å²) in [5.74, 6) is 0.664. The molecule has 1 fully saturated rings. The molecule has 5 heteroatoms. The van der Waals surface area contributed by atoms with E-state index in [0.29, 0.717) is 23.1 Å². The van der Waals surface area contributed by atoms with Gasteiger partial charge in [0.2, 0.25) is 0 Å². The van der Waals surface area contributed by atoms with Crippen molar-refractivity contribution in [3.05, 3.63) is 40.7 Å². The molecule has 0 N–H and O–H groups in total. The van der Waals surface area contributed by atoms with Crippen molar-refractivity contribution in [2.75, 3.05) is 19.6 Å². The summed E-state index contributed by atoms with van der Waals surface area (Å²) in [6.07, 6.45) is 2.77. The van der Waals surface area contributed by atoms with E-state index in [-0.39, 0.29) is 18.4 Å². The van der Waals surface area contributed by atoms with Crippen molar-refractivity contribution < 1.29 is 9.59 Å². The van der Waals surface area contributed by atoms with Crippen molar-refractivity contribution in [2.24, 2.45) is 11.8 Å². The Morgan fingerprint density at radius 3 is 2.52 bits per heavy atom. The fourth-order valence-electron chi connectivity index (χ4n) is 3.64. The van der Waals surface area contributed by atoms with Crippen molar-refractivity contribution >= 4 is 28.7 Å². The molecule has 122 valence electrons. The first-order valence-electron chi connectivity index (χ1n) is 8.03. The highest BCUT2D eigenvalue weighted by molar-refractivity contribution is 7.11. The van der Waals surface area contributed by atoms with E-state index in [2.05, 4.69) is 25.3 Å². The summed E-state index contributed by atoms with van der Waals surface area (Å²) >= 11 is 1.51. The SMILES string of the molecule is C=CCN1C(=O)C(c2cccs2)=C(N2CC(C)CC(C)C2)C1=O. The van der Waals surface area contributed by atoms with Crippen LogP contribution >= 0.6 is 11.3 Å². The van der Waals surface area contributed by atoms with Crippen LogP contribution in [-0.2, 0) is 9.59 Å². The summed E-state index contributed by atoms with van der Waals surface area (Å²) in [7, 11) is 0. The molecule has 2 amide bonds. The van der Waals surface area contributed by atoms with E-state index < -0.39 is 0 Å². The van der Waals surface area contributed by atoms with Crippen molar-refractivity contribution in [1.82, 2.24) is 9.80 Å². The zero-order chi connectivity index (χ0) is 16.6. The van der Waals surface area contributed by atoms with Gasteiger partial charge in [-0.3, -0.25) is 14.5 Å². The molecule has 23 heavy (non-hydrogen) atoms. The molecule has 0 saturated carbocycles. The van der Waals surface area contributed by atoms with Gasteiger partial charge in [0.1, 0.15) is 5.70 Å². The van der Waals surface area contributed by atoms with Crippen LogP contribution in [0.4, 0.5) is 0 Å². The van der Waals surface area contributed by atoms with E-state index in [9.17, 15) is 9.59 Å². The van der Waals surface area contributed by atoms with Crippen molar-refractivity contribution in [1.29, 1.82) is 0 Å². The van der Waals surface area contributed by atoms with E-state index in [0.717, 1.165) is 24.4 Å². The molecule has 0 bridgehead atoms. The van der Waals surface area contributed by atoms with E-state index in [1.54, 1.807) is 6.08 Å². The molecule has 2 aliphatic rings. The summed E-state index contributed by atoms with van der Waals surface area (Å²) in [5, 5.41) is 1.94. The predicted octanol–water partition coefficient (Wildman–Crippen LogP) is 2.99. The lowest BCUT2D eigenvalue weighted by Gasteiger charge is -2.37. The second-order valence-corrected chi connectivity index (χ2v) is 7.51. The number of hydrogen-bond acceptors (Lipinski definition) is 4. The Morgan fingerprint density at radius 1 is 1.26 bits per heavy atom. The molecule has 0 spiro atoms. The van der Waals surface area contributed by atoms with Crippen LogP contribution in [0.2, 0.25) is 0 Å². The fourth-order valence-corrected chi connectivity index (χ4v) is 4.40. The highest BCUT2D eigenvalue weighted by Gasteiger charge is 2.42. The molecule has 1 aromatic rings. The predicted molar refractivity (Wildman–Crippen MR) is 92.7 cm³/mol. The van der Waals surface area contributed by atoms with Gasteiger partial charge in [0.05, 0.1) is 5.57 Å². The van der Waals surface area contributed by atoms with Crippen LogP contribution in [0, 0.1) is 11.8 Å². The zero-order valence-corrected chi connectivity index (χ0v) is 14.4. The summed E-state index contributed by atoms with van der Waals surface area (Å²) in [6.45, 7) is 9.99. The van der Waals surface area contributed by atoms with Crippen LogP contribution in [0.15, 0.2) is 35.9 Å². The third-order valence-electron chi connectivity index (χ3n) is 4.41. The van der Waals surface area contributed by atoms with Gasteiger partial charge in [-0.2, -0.15) is 0 Å². The van der Waals surface area contributed by atoms with Gasteiger partial charge < -0.3 is 4.90 Å². The number of imide groups is 1. The standard InChI is InChI=1S/C18H22N2O2S/c1-4-7-20-17(21)15(14-6-5-8-23-14)16(18(20)22)19-10-12(2)9-13(3)11-19/h4-6,8,12-13H,1,7,9-11H2,2-3H3. The third-order valence-corrected chi connectivity index (χ3v) is 5.30. The Kier molecular flexibility index (Phi) is 4.39.